The van der Waals surface area contributed by atoms with Crippen molar-refractivity contribution in [2.24, 2.45) is 0 Å². The molecule has 21 heavy (non-hydrogen) atoms. The second-order valence-corrected chi connectivity index (χ2v) is 4.97. The molecule has 0 aliphatic carbocycles. The molecule has 0 fully saturated rings. The van der Waals surface area contributed by atoms with Gasteiger partial charge in [-0.05, 0) is 30.7 Å². The van der Waals surface area contributed by atoms with Crippen LogP contribution in [0, 0.1) is 10.1 Å². The molecule has 1 unspecified atom stereocenters. The van der Waals surface area contributed by atoms with Crippen LogP contribution in [0.25, 0.3) is 0 Å². The first-order chi connectivity index (χ1) is 10.0. The Morgan fingerprint density at radius 1 is 1.29 bits per heavy atom. The number of hydrogen-bond acceptors (Lipinski definition) is 4. The maximum Gasteiger partial charge on any atom is 0.271 e. The molecule has 0 aliphatic heterocycles. The fourth-order valence-corrected chi connectivity index (χ4v) is 2.14. The summed E-state index contributed by atoms with van der Waals surface area (Å²) in [6.07, 6.45) is 0. The average molecular weight is 307 g/mol. The van der Waals surface area contributed by atoms with Crippen LogP contribution in [0.2, 0.25) is 5.02 Å². The number of nitro benzene ring substituents is 1. The summed E-state index contributed by atoms with van der Waals surface area (Å²) >= 11 is 6.08. The number of nitrogens with zero attached hydrogens (tertiary/aromatic N) is 1. The number of non-ortho nitro benzene ring substituents is 1. The average Bonchev–Trinajstić information content (AvgIpc) is 2.49. The zero-order valence-electron chi connectivity index (χ0n) is 11.7. The van der Waals surface area contributed by atoms with Crippen LogP contribution in [-0.4, -0.2) is 12.0 Å². The van der Waals surface area contributed by atoms with Gasteiger partial charge in [0, 0.05) is 18.2 Å². The SMILES string of the molecule is COc1cccc(C(C)Nc2cc([N+](=O)[O-])ccc2Cl)c1. The molecule has 0 aliphatic rings. The number of methoxy groups -OCH3 is 1. The third-order valence-electron chi connectivity index (χ3n) is 3.13. The molecule has 2 rings (SSSR count). The lowest BCUT2D eigenvalue weighted by Gasteiger charge is -2.17. The number of rotatable bonds is 5. The molecule has 0 amide bonds. The monoisotopic (exact) mass is 306 g/mol. The van der Waals surface area contributed by atoms with Crippen LogP contribution in [0.15, 0.2) is 42.5 Å². The summed E-state index contributed by atoms with van der Waals surface area (Å²) in [5.41, 5.74) is 1.53. The molecule has 0 bridgehead atoms. The molecule has 2 aromatic carbocycles. The van der Waals surface area contributed by atoms with E-state index in [2.05, 4.69) is 5.32 Å². The predicted octanol–water partition coefficient (Wildman–Crippen LogP) is 4.43. The lowest BCUT2D eigenvalue weighted by atomic mass is 10.1. The molecule has 0 saturated heterocycles. The van der Waals surface area contributed by atoms with Crippen LogP contribution in [0.5, 0.6) is 5.75 Å². The number of ether oxygens (including phenoxy) is 1. The summed E-state index contributed by atoms with van der Waals surface area (Å²) < 4.78 is 5.19. The van der Waals surface area contributed by atoms with Crippen molar-refractivity contribution in [2.75, 3.05) is 12.4 Å². The largest absolute Gasteiger partial charge is 0.497 e. The van der Waals surface area contributed by atoms with Gasteiger partial charge in [0.2, 0.25) is 0 Å². The van der Waals surface area contributed by atoms with E-state index in [0.717, 1.165) is 11.3 Å². The molecule has 1 N–H and O–H groups in total. The highest BCUT2D eigenvalue weighted by atomic mass is 35.5. The summed E-state index contributed by atoms with van der Waals surface area (Å²) in [6.45, 7) is 1.95. The van der Waals surface area contributed by atoms with Crippen molar-refractivity contribution in [2.45, 2.75) is 13.0 Å². The molecule has 1 atom stereocenters. The Hall–Kier alpha value is -2.27. The van der Waals surface area contributed by atoms with E-state index in [9.17, 15) is 10.1 Å². The van der Waals surface area contributed by atoms with Crippen molar-refractivity contribution in [3.8, 4) is 5.75 Å². The van der Waals surface area contributed by atoms with E-state index in [1.54, 1.807) is 7.11 Å². The normalized spacial score (nSPS) is 11.8. The van der Waals surface area contributed by atoms with Crippen LogP contribution in [0.1, 0.15) is 18.5 Å². The number of anilines is 1. The molecule has 0 saturated carbocycles. The summed E-state index contributed by atoms with van der Waals surface area (Å²) in [4.78, 5) is 10.4. The molecule has 110 valence electrons. The summed E-state index contributed by atoms with van der Waals surface area (Å²) in [5, 5.41) is 14.4. The molecular formula is C15H15ClN2O3. The molecule has 0 radical (unpaired) electrons. The highest BCUT2D eigenvalue weighted by molar-refractivity contribution is 6.33. The predicted molar refractivity (Wildman–Crippen MR) is 83.1 cm³/mol. The summed E-state index contributed by atoms with van der Waals surface area (Å²) in [5.74, 6) is 0.756. The van der Waals surface area contributed by atoms with E-state index in [1.807, 2.05) is 31.2 Å². The topological polar surface area (TPSA) is 64.4 Å². The van der Waals surface area contributed by atoms with Gasteiger partial charge in [-0.1, -0.05) is 23.7 Å². The minimum atomic E-state index is -0.447. The molecule has 5 nitrogen and oxygen atoms in total. The molecular weight excluding hydrogens is 292 g/mol. The Kier molecular flexibility index (Phi) is 4.65. The van der Waals surface area contributed by atoms with Crippen LogP contribution in [0.3, 0.4) is 0 Å². The number of benzene rings is 2. The third-order valence-corrected chi connectivity index (χ3v) is 3.46. The fourth-order valence-electron chi connectivity index (χ4n) is 1.96. The van der Waals surface area contributed by atoms with Gasteiger partial charge in [-0.2, -0.15) is 0 Å². The lowest BCUT2D eigenvalue weighted by Crippen LogP contribution is -2.07. The Morgan fingerprint density at radius 3 is 2.71 bits per heavy atom. The number of hydrogen-bond donors (Lipinski definition) is 1. The molecule has 0 aromatic heterocycles. The molecule has 0 heterocycles. The zero-order chi connectivity index (χ0) is 15.4. The van der Waals surface area contributed by atoms with E-state index in [4.69, 9.17) is 16.3 Å². The maximum absolute atomic E-state index is 10.8. The number of nitro groups is 1. The quantitative estimate of drug-likeness (QED) is 0.655. The Labute approximate surface area is 127 Å². The first-order valence-corrected chi connectivity index (χ1v) is 6.73. The van der Waals surface area contributed by atoms with Crippen LogP contribution in [-0.2, 0) is 0 Å². The van der Waals surface area contributed by atoms with E-state index >= 15 is 0 Å². The molecule has 6 heteroatoms. The fraction of sp³-hybridized carbons (Fsp3) is 0.200. The number of nitrogens with one attached hydrogen (secondary N) is 1. The van der Waals surface area contributed by atoms with Gasteiger partial charge in [-0.15, -0.1) is 0 Å². The first-order valence-electron chi connectivity index (χ1n) is 6.35. The van der Waals surface area contributed by atoms with Gasteiger partial charge < -0.3 is 10.1 Å². The van der Waals surface area contributed by atoms with Gasteiger partial charge in [0.05, 0.1) is 22.7 Å². The van der Waals surface area contributed by atoms with Crippen LogP contribution < -0.4 is 10.1 Å². The smallest absolute Gasteiger partial charge is 0.271 e. The Balaban J connectivity index is 2.24. The van der Waals surface area contributed by atoms with E-state index in [1.165, 1.54) is 18.2 Å². The van der Waals surface area contributed by atoms with Crippen molar-refractivity contribution in [3.63, 3.8) is 0 Å². The summed E-state index contributed by atoms with van der Waals surface area (Å²) in [6, 6.07) is 11.9. The van der Waals surface area contributed by atoms with Gasteiger partial charge in [0.25, 0.3) is 5.69 Å². The summed E-state index contributed by atoms with van der Waals surface area (Å²) in [7, 11) is 1.61. The molecule has 2 aromatic rings. The van der Waals surface area contributed by atoms with Crippen LogP contribution in [0.4, 0.5) is 11.4 Å². The van der Waals surface area contributed by atoms with Crippen LogP contribution >= 0.6 is 11.6 Å². The first kappa shape index (κ1) is 15.1. The highest BCUT2D eigenvalue weighted by Gasteiger charge is 2.13. The Morgan fingerprint density at radius 2 is 2.05 bits per heavy atom. The standard InChI is InChI=1S/C15H15ClN2O3/c1-10(11-4-3-5-13(8-11)21-2)17-15-9-12(18(19)20)6-7-14(15)16/h3-10,17H,1-2H3. The minimum absolute atomic E-state index is 0.000239. The number of halogens is 1. The van der Waals surface area contributed by atoms with Gasteiger partial charge in [0.15, 0.2) is 0 Å². The van der Waals surface area contributed by atoms with Gasteiger partial charge in [-0.3, -0.25) is 10.1 Å². The van der Waals surface area contributed by atoms with Crippen molar-refractivity contribution in [3.05, 3.63) is 63.2 Å². The van der Waals surface area contributed by atoms with E-state index in [-0.39, 0.29) is 11.7 Å². The van der Waals surface area contributed by atoms with Crippen molar-refractivity contribution in [1.29, 1.82) is 0 Å². The second-order valence-electron chi connectivity index (χ2n) is 4.56. The van der Waals surface area contributed by atoms with Gasteiger partial charge >= 0.3 is 0 Å². The maximum atomic E-state index is 10.8. The van der Waals surface area contributed by atoms with Crippen molar-refractivity contribution >= 4 is 23.0 Å². The third kappa shape index (κ3) is 3.64. The lowest BCUT2D eigenvalue weighted by molar-refractivity contribution is -0.384. The highest BCUT2D eigenvalue weighted by Crippen LogP contribution is 2.30. The van der Waals surface area contributed by atoms with Gasteiger partial charge in [-0.25, -0.2) is 0 Å². The van der Waals surface area contributed by atoms with E-state index in [0.29, 0.717) is 10.7 Å². The van der Waals surface area contributed by atoms with Gasteiger partial charge in [0.1, 0.15) is 5.75 Å². The molecule has 0 spiro atoms. The minimum Gasteiger partial charge on any atom is -0.497 e. The Bertz CT molecular complexity index is 661. The second kappa shape index (κ2) is 6.45. The van der Waals surface area contributed by atoms with Crippen molar-refractivity contribution < 1.29 is 9.66 Å². The zero-order valence-corrected chi connectivity index (χ0v) is 12.4. The van der Waals surface area contributed by atoms with E-state index < -0.39 is 4.92 Å². The van der Waals surface area contributed by atoms with Crippen molar-refractivity contribution in [1.82, 2.24) is 0 Å².